The first-order chi connectivity index (χ1) is 14.2. The zero-order valence-electron chi connectivity index (χ0n) is 15.9. The number of H-pyrrole nitrogens is 1. The molecule has 4 rings (SSSR count). The van der Waals surface area contributed by atoms with Gasteiger partial charge >= 0.3 is 0 Å². The van der Waals surface area contributed by atoms with Crippen LogP contribution >= 0.6 is 0 Å². The first kappa shape index (κ1) is 18.7. The zero-order chi connectivity index (χ0) is 20.2. The van der Waals surface area contributed by atoms with E-state index in [4.69, 9.17) is 9.72 Å². The van der Waals surface area contributed by atoms with Crippen LogP contribution in [0.3, 0.4) is 0 Å². The van der Waals surface area contributed by atoms with Gasteiger partial charge < -0.3 is 19.8 Å². The lowest BCUT2D eigenvalue weighted by molar-refractivity contribution is 0.291. The van der Waals surface area contributed by atoms with E-state index in [1.165, 1.54) is 0 Å². The van der Waals surface area contributed by atoms with Gasteiger partial charge in [0, 0.05) is 54.5 Å². The van der Waals surface area contributed by atoms with Gasteiger partial charge in [0.15, 0.2) is 0 Å². The number of aliphatic hydroxyl groups excluding tert-OH is 1. The third kappa shape index (κ3) is 3.97. The molecule has 8 heteroatoms. The largest absolute Gasteiger partial charge is 0.508 e. The fourth-order valence-electron chi connectivity index (χ4n) is 3.18. The van der Waals surface area contributed by atoms with Gasteiger partial charge in [-0.2, -0.15) is 5.10 Å². The Balaban J connectivity index is 1.78. The Morgan fingerprint density at radius 3 is 2.72 bits per heavy atom. The molecule has 0 aliphatic carbocycles. The number of phenolic OH excluding ortho intramolecular Hbond substituents is 1. The minimum atomic E-state index is 0.0600. The second kappa shape index (κ2) is 8.15. The van der Waals surface area contributed by atoms with Gasteiger partial charge in [0.25, 0.3) is 0 Å². The summed E-state index contributed by atoms with van der Waals surface area (Å²) in [6.45, 7) is 0.619. The molecule has 29 heavy (non-hydrogen) atoms. The number of anilines is 2. The predicted octanol–water partition coefficient (Wildman–Crippen LogP) is 3.25. The van der Waals surface area contributed by atoms with Crippen molar-refractivity contribution >= 4 is 22.4 Å². The number of nitrogens with zero attached hydrogens (tertiary/aromatic N) is 4. The summed E-state index contributed by atoms with van der Waals surface area (Å²) in [7, 11) is 1.56. The van der Waals surface area contributed by atoms with Crippen LogP contribution in [0.1, 0.15) is 6.42 Å². The molecule has 148 valence electrons. The van der Waals surface area contributed by atoms with Gasteiger partial charge in [0.05, 0.1) is 36.2 Å². The highest BCUT2D eigenvalue weighted by Gasteiger charge is 2.14. The van der Waals surface area contributed by atoms with Crippen molar-refractivity contribution in [1.82, 2.24) is 20.2 Å². The van der Waals surface area contributed by atoms with Crippen LogP contribution in [0, 0.1) is 0 Å². The number of aromatic hydroxyl groups is 1. The molecule has 0 unspecified atom stereocenters. The molecule has 0 amide bonds. The number of aromatic nitrogens is 4. The fourth-order valence-corrected chi connectivity index (χ4v) is 3.18. The molecule has 0 bridgehead atoms. The Bertz CT molecular complexity index is 1110. The Kier molecular flexibility index (Phi) is 5.26. The van der Waals surface area contributed by atoms with E-state index in [0.29, 0.717) is 18.7 Å². The lowest BCUT2D eigenvalue weighted by Crippen LogP contribution is -2.19. The Morgan fingerprint density at radius 2 is 1.97 bits per heavy atom. The number of methoxy groups -OCH3 is 1. The maximum Gasteiger partial charge on any atom is 0.124 e. The van der Waals surface area contributed by atoms with Crippen molar-refractivity contribution in [2.24, 2.45) is 0 Å². The first-order valence-electron chi connectivity index (χ1n) is 9.20. The summed E-state index contributed by atoms with van der Waals surface area (Å²) in [5.41, 5.74) is 4.73. The summed E-state index contributed by atoms with van der Waals surface area (Å²) in [5, 5.41) is 26.2. The maximum atomic E-state index is 10.1. The standard InChI is InChI=1S/C21H21N5O3/c1-29-18-8-16(7-17(28)10-18)26(5-2-6-27)15-3-4-19-20(9-15)25-21(13-22-19)14-11-23-24-12-14/h3-4,7-13,27-28H,2,5-6H2,1H3,(H,23,24). The highest BCUT2D eigenvalue weighted by Crippen LogP contribution is 2.33. The van der Waals surface area contributed by atoms with Crippen LogP contribution < -0.4 is 9.64 Å². The van der Waals surface area contributed by atoms with Gasteiger partial charge in [0.1, 0.15) is 11.5 Å². The molecular weight excluding hydrogens is 370 g/mol. The molecule has 2 heterocycles. The minimum Gasteiger partial charge on any atom is -0.508 e. The van der Waals surface area contributed by atoms with Gasteiger partial charge in [-0.1, -0.05) is 0 Å². The number of benzene rings is 2. The summed E-state index contributed by atoms with van der Waals surface area (Å²) in [5.74, 6) is 0.660. The number of phenols is 1. The topological polar surface area (TPSA) is 107 Å². The minimum absolute atomic E-state index is 0.0600. The highest BCUT2D eigenvalue weighted by molar-refractivity contribution is 5.82. The van der Waals surface area contributed by atoms with E-state index >= 15 is 0 Å². The monoisotopic (exact) mass is 391 g/mol. The zero-order valence-corrected chi connectivity index (χ0v) is 15.9. The number of aliphatic hydroxyl groups is 1. The smallest absolute Gasteiger partial charge is 0.124 e. The summed E-state index contributed by atoms with van der Waals surface area (Å²) >= 11 is 0. The number of rotatable bonds is 7. The van der Waals surface area contributed by atoms with E-state index in [-0.39, 0.29) is 12.4 Å². The van der Waals surface area contributed by atoms with Gasteiger partial charge in [-0.05, 0) is 24.6 Å². The van der Waals surface area contributed by atoms with Crippen LogP contribution in [0.15, 0.2) is 55.0 Å². The van der Waals surface area contributed by atoms with Crippen LogP contribution in [0.25, 0.3) is 22.3 Å². The summed E-state index contributed by atoms with van der Waals surface area (Å²) < 4.78 is 5.29. The molecule has 0 aliphatic rings. The molecule has 8 nitrogen and oxygen atoms in total. The van der Waals surface area contributed by atoms with Crippen LogP contribution in [-0.4, -0.2) is 50.6 Å². The number of nitrogens with one attached hydrogen (secondary N) is 1. The third-order valence-electron chi connectivity index (χ3n) is 4.59. The second-order valence-corrected chi connectivity index (χ2v) is 6.53. The lowest BCUT2D eigenvalue weighted by Gasteiger charge is -2.25. The van der Waals surface area contributed by atoms with Crippen LogP contribution in [0.5, 0.6) is 11.5 Å². The second-order valence-electron chi connectivity index (χ2n) is 6.53. The summed E-state index contributed by atoms with van der Waals surface area (Å²) in [4.78, 5) is 11.2. The molecule has 0 saturated carbocycles. The Hall–Kier alpha value is -3.65. The van der Waals surface area contributed by atoms with E-state index < -0.39 is 0 Å². The number of aromatic amines is 1. The molecule has 0 atom stereocenters. The van der Waals surface area contributed by atoms with E-state index in [1.807, 2.05) is 29.2 Å². The van der Waals surface area contributed by atoms with E-state index in [2.05, 4.69) is 15.2 Å². The lowest BCUT2D eigenvalue weighted by atomic mass is 10.2. The van der Waals surface area contributed by atoms with Gasteiger partial charge in [-0.3, -0.25) is 10.1 Å². The fraction of sp³-hybridized carbons (Fsp3) is 0.190. The molecule has 0 fully saturated rings. The average Bonchev–Trinajstić information content (AvgIpc) is 3.28. The van der Waals surface area contributed by atoms with Crippen molar-refractivity contribution < 1.29 is 14.9 Å². The molecule has 4 aromatic rings. The van der Waals surface area contributed by atoms with Crippen molar-refractivity contribution in [3.05, 3.63) is 55.0 Å². The van der Waals surface area contributed by atoms with Crippen molar-refractivity contribution in [2.45, 2.75) is 6.42 Å². The number of hydrogen-bond donors (Lipinski definition) is 3. The molecular formula is C21H21N5O3. The SMILES string of the molecule is COc1cc(O)cc(N(CCCO)c2ccc3ncc(-c4cn[nH]c4)nc3c2)c1. The van der Waals surface area contributed by atoms with Crippen LogP contribution in [0.4, 0.5) is 11.4 Å². The number of ether oxygens (including phenoxy) is 1. The molecule has 0 saturated heterocycles. The average molecular weight is 391 g/mol. The van der Waals surface area contributed by atoms with Crippen LogP contribution in [0.2, 0.25) is 0 Å². The van der Waals surface area contributed by atoms with Crippen molar-refractivity contribution in [3.63, 3.8) is 0 Å². The third-order valence-corrected chi connectivity index (χ3v) is 4.59. The first-order valence-corrected chi connectivity index (χ1v) is 9.20. The normalized spacial score (nSPS) is 11.0. The number of hydrogen-bond acceptors (Lipinski definition) is 7. The van der Waals surface area contributed by atoms with Gasteiger partial charge in [-0.15, -0.1) is 0 Å². The molecule has 2 aromatic carbocycles. The molecule has 0 spiro atoms. The Morgan fingerprint density at radius 1 is 1.07 bits per heavy atom. The van der Waals surface area contributed by atoms with Crippen molar-refractivity contribution in [3.8, 4) is 22.8 Å². The molecule has 0 aliphatic heterocycles. The van der Waals surface area contributed by atoms with E-state index in [9.17, 15) is 10.2 Å². The molecule has 3 N–H and O–H groups in total. The molecule has 2 aromatic heterocycles. The number of fused-ring (bicyclic) bond motifs is 1. The van der Waals surface area contributed by atoms with Crippen molar-refractivity contribution in [2.75, 3.05) is 25.2 Å². The van der Waals surface area contributed by atoms with Gasteiger partial charge in [-0.25, -0.2) is 4.98 Å². The van der Waals surface area contributed by atoms with Crippen LogP contribution in [-0.2, 0) is 0 Å². The maximum absolute atomic E-state index is 10.1. The van der Waals surface area contributed by atoms with Crippen molar-refractivity contribution in [1.29, 1.82) is 0 Å². The van der Waals surface area contributed by atoms with Gasteiger partial charge in [0.2, 0.25) is 0 Å². The molecule has 0 radical (unpaired) electrons. The quantitative estimate of drug-likeness (QED) is 0.444. The predicted molar refractivity (Wildman–Crippen MR) is 110 cm³/mol. The van der Waals surface area contributed by atoms with E-state index in [1.54, 1.807) is 37.8 Å². The highest BCUT2D eigenvalue weighted by atomic mass is 16.5. The van der Waals surface area contributed by atoms with E-state index in [0.717, 1.165) is 33.7 Å². The Labute approximate surface area is 167 Å². The summed E-state index contributed by atoms with van der Waals surface area (Å²) in [6.07, 6.45) is 5.76. The summed E-state index contributed by atoms with van der Waals surface area (Å²) in [6, 6.07) is 10.9.